The SMILES string of the molecule is O=C(Cc1cccn1-c1ccc(F)cc1)NCc1ccc(N2CCOCC2)cc1. The van der Waals surface area contributed by atoms with Crippen LogP contribution in [0.4, 0.5) is 10.1 Å². The molecule has 2 aromatic carbocycles. The van der Waals surface area contributed by atoms with Gasteiger partial charge in [0.15, 0.2) is 0 Å². The quantitative estimate of drug-likeness (QED) is 0.699. The first-order valence-electron chi connectivity index (χ1n) is 9.79. The Labute approximate surface area is 169 Å². The van der Waals surface area contributed by atoms with Crippen LogP contribution in [0.25, 0.3) is 5.69 Å². The van der Waals surface area contributed by atoms with Crippen molar-refractivity contribution < 1.29 is 13.9 Å². The van der Waals surface area contributed by atoms with E-state index in [0.717, 1.165) is 43.2 Å². The van der Waals surface area contributed by atoms with Gasteiger partial charge in [-0.2, -0.15) is 0 Å². The molecule has 1 aliphatic heterocycles. The number of morpholine rings is 1. The van der Waals surface area contributed by atoms with Crippen LogP contribution in [-0.2, 0) is 22.5 Å². The van der Waals surface area contributed by atoms with Gasteiger partial charge in [0.25, 0.3) is 0 Å². The number of nitrogens with zero attached hydrogens (tertiary/aromatic N) is 2. The molecule has 0 radical (unpaired) electrons. The third-order valence-corrected chi connectivity index (χ3v) is 5.08. The summed E-state index contributed by atoms with van der Waals surface area (Å²) in [6.07, 6.45) is 2.14. The van der Waals surface area contributed by atoms with Crippen LogP contribution in [0.15, 0.2) is 66.9 Å². The Bertz CT molecular complexity index is 945. The normalized spacial score (nSPS) is 14.0. The molecule has 2 heterocycles. The molecule has 1 amide bonds. The molecule has 0 spiro atoms. The van der Waals surface area contributed by atoms with E-state index < -0.39 is 0 Å². The molecule has 29 heavy (non-hydrogen) atoms. The Kier molecular flexibility index (Phi) is 5.91. The number of carbonyl (C=O) groups is 1. The molecular weight excluding hydrogens is 369 g/mol. The van der Waals surface area contributed by atoms with Crippen LogP contribution in [0, 0.1) is 5.82 Å². The van der Waals surface area contributed by atoms with Crippen molar-refractivity contribution in [1.29, 1.82) is 0 Å². The van der Waals surface area contributed by atoms with Crippen LogP contribution in [0.2, 0.25) is 0 Å². The summed E-state index contributed by atoms with van der Waals surface area (Å²) in [6.45, 7) is 3.82. The maximum absolute atomic E-state index is 13.1. The summed E-state index contributed by atoms with van der Waals surface area (Å²) < 4.78 is 20.4. The van der Waals surface area contributed by atoms with Crippen LogP contribution in [0.5, 0.6) is 0 Å². The monoisotopic (exact) mass is 393 g/mol. The number of hydrogen-bond donors (Lipinski definition) is 1. The molecule has 0 unspecified atom stereocenters. The van der Waals surface area contributed by atoms with Crippen molar-refractivity contribution in [3.8, 4) is 5.69 Å². The van der Waals surface area contributed by atoms with E-state index in [1.54, 1.807) is 12.1 Å². The Morgan fingerprint density at radius 3 is 2.38 bits per heavy atom. The van der Waals surface area contributed by atoms with Crippen molar-refractivity contribution in [1.82, 2.24) is 9.88 Å². The van der Waals surface area contributed by atoms with E-state index >= 15 is 0 Å². The van der Waals surface area contributed by atoms with Crippen LogP contribution >= 0.6 is 0 Å². The number of rotatable bonds is 6. The van der Waals surface area contributed by atoms with E-state index in [9.17, 15) is 9.18 Å². The summed E-state index contributed by atoms with van der Waals surface area (Å²) in [5.41, 5.74) is 3.93. The van der Waals surface area contributed by atoms with Gasteiger partial charge in [0.2, 0.25) is 5.91 Å². The molecular formula is C23H24FN3O2. The van der Waals surface area contributed by atoms with E-state index in [2.05, 4.69) is 22.3 Å². The van der Waals surface area contributed by atoms with Crippen molar-refractivity contribution in [2.75, 3.05) is 31.2 Å². The largest absolute Gasteiger partial charge is 0.378 e. The summed E-state index contributed by atoms with van der Waals surface area (Å²) >= 11 is 0. The second-order valence-electron chi connectivity index (χ2n) is 7.07. The minimum Gasteiger partial charge on any atom is -0.378 e. The predicted molar refractivity (Wildman–Crippen MR) is 111 cm³/mol. The molecule has 1 aliphatic rings. The highest BCUT2D eigenvalue weighted by Gasteiger charge is 2.12. The van der Waals surface area contributed by atoms with E-state index in [-0.39, 0.29) is 18.1 Å². The summed E-state index contributed by atoms with van der Waals surface area (Å²) in [6, 6.07) is 18.3. The summed E-state index contributed by atoms with van der Waals surface area (Å²) in [7, 11) is 0. The van der Waals surface area contributed by atoms with Crippen LogP contribution in [0.3, 0.4) is 0 Å². The lowest BCUT2D eigenvalue weighted by Crippen LogP contribution is -2.36. The van der Waals surface area contributed by atoms with E-state index in [1.807, 2.05) is 35.0 Å². The molecule has 3 aromatic rings. The van der Waals surface area contributed by atoms with Crippen molar-refractivity contribution >= 4 is 11.6 Å². The smallest absolute Gasteiger partial charge is 0.226 e. The Morgan fingerprint density at radius 2 is 1.66 bits per heavy atom. The van der Waals surface area contributed by atoms with Gasteiger partial charge in [0, 0.05) is 42.9 Å². The highest BCUT2D eigenvalue weighted by atomic mass is 19.1. The third-order valence-electron chi connectivity index (χ3n) is 5.08. The first kappa shape index (κ1) is 19.2. The van der Waals surface area contributed by atoms with Gasteiger partial charge < -0.3 is 19.5 Å². The molecule has 0 saturated carbocycles. The number of hydrogen-bond acceptors (Lipinski definition) is 3. The maximum Gasteiger partial charge on any atom is 0.226 e. The lowest BCUT2D eigenvalue weighted by Gasteiger charge is -2.28. The van der Waals surface area contributed by atoms with Crippen molar-refractivity contribution in [2.24, 2.45) is 0 Å². The average molecular weight is 393 g/mol. The topological polar surface area (TPSA) is 46.5 Å². The number of anilines is 1. The fourth-order valence-electron chi connectivity index (χ4n) is 3.49. The van der Waals surface area contributed by atoms with E-state index in [1.165, 1.54) is 17.8 Å². The zero-order chi connectivity index (χ0) is 20.1. The molecule has 6 heteroatoms. The first-order chi connectivity index (χ1) is 14.2. The summed E-state index contributed by atoms with van der Waals surface area (Å²) in [5, 5.41) is 2.98. The number of carbonyl (C=O) groups excluding carboxylic acids is 1. The number of nitrogens with one attached hydrogen (secondary N) is 1. The number of amides is 1. The number of aromatic nitrogens is 1. The second-order valence-corrected chi connectivity index (χ2v) is 7.07. The molecule has 1 N–H and O–H groups in total. The molecule has 150 valence electrons. The van der Waals surface area contributed by atoms with Gasteiger partial charge in [0.05, 0.1) is 19.6 Å². The van der Waals surface area contributed by atoms with Crippen molar-refractivity contribution in [3.05, 3.63) is 83.9 Å². The molecule has 0 atom stereocenters. The van der Waals surface area contributed by atoms with Gasteiger partial charge in [-0.05, 0) is 54.1 Å². The number of ether oxygens (including phenoxy) is 1. The number of halogens is 1. The summed E-state index contributed by atoms with van der Waals surface area (Å²) in [4.78, 5) is 14.7. The molecule has 0 aliphatic carbocycles. The van der Waals surface area contributed by atoms with E-state index in [4.69, 9.17) is 4.74 Å². The molecule has 5 nitrogen and oxygen atoms in total. The number of benzene rings is 2. The Morgan fingerprint density at radius 1 is 0.966 bits per heavy atom. The Balaban J connectivity index is 1.33. The fraction of sp³-hybridized carbons (Fsp3) is 0.261. The van der Waals surface area contributed by atoms with Gasteiger partial charge in [-0.25, -0.2) is 4.39 Å². The maximum atomic E-state index is 13.1. The molecule has 1 aromatic heterocycles. The molecule has 4 rings (SSSR count). The van der Waals surface area contributed by atoms with Crippen molar-refractivity contribution in [2.45, 2.75) is 13.0 Å². The standard InChI is InChI=1S/C23H24FN3O2/c24-19-5-9-21(10-6-19)27-11-1-2-22(27)16-23(28)25-17-18-3-7-20(8-4-18)26-12-14-29-15-13-26/h1-11H,12-17H2,(H,25,28). The predicted octanol–water partition coefficient (Wildman–Crippen LogP) is 3.31. The van der Waals surface area contributed by atoms with E-state index in [0.29, 0.717) is 6.54 Å². The minimum atomic E-state index is -0.278. The van der Waals surface area contributed by atoms with Gasteiger partial charge in [-0.15, -0.1) is 0 Å². The van der Waals surface area contributed by atoms with Crippen LogP contribution in [0.1, 0.15) is 11.3 Å². The molecule has 1 saturated heterocycles. The fourth-order valence-corrected chi connectivity index (χ4v) is 3.49. The first-order valence-corrected chi connectivity index (χ1v) is 9.79. The van der Waals surface area contributed by atoms with Gasteiger partial charge in [-0.1, -0.05) is 12.1 Å². The highest BCUT2D eigenvalue weighted by Crippen LogP contribution is 2.17. The molecule has 1 fully saturated rings. The third kappa shape index (κ3) is 4.84. The lowest BCUT2D eigenvalue weighted by atomic mass is 10.2. The zero-order valence-corrected chi connectivity index (χ0v) is 16.2. The highest BCUT2D eigenvalue weighted by molar-refractivity contribution is 5.78. The molecule has 0 bridgehead atoms. The van der Waals surface area contributed by atoms with Gasteiger partial charge in [-0.3, -0.25) is 4.79 Å². The average Bonchev–Trinajstić information content (AvgIpc) is 3.22. The lowest BCUT2D eigenvalue weighted by molar-refractivity contribution is -0.120. The zero-order valence-electron chi connectivity index (χ0n) is 16.2. The van der Waals surface area contributed by atoms with Crippen LogP contribution < -0.4 is 10.2 Å². The van der Waals surface area contributed by atoms with Gasteiger partial charge >= 0.3 is 0 Å². The second kappa shape index (κ2) is 8.92. The minimum absolute atomic E-state index is 0.0516. The van der Waals surface area contributed by atoms with Crippen LogP contribution in [-0.4, -0.2) is 36.8 Å². The Hall–Kier alpha value is -3.12. The summed E-state index contributed by atoms with van der Waals surface area (Å²) in [5.74, 6) is -0.329. The van der Waals surface area contributed by atoms with Crippen molar-refractivity contribution in [3.63, 3.8) is 0 Å². The van der Waals surface area contributed by atoms with Gasteiger partial charge in [0.1, 0.15) is 5.82 Å².